The maximum atomic E-state index is 13.6. The second-order valence-corrected chi connectivity index (χ2v) is 9.61. The van der Waals surface area contributed by atoms with Crippen molar-refractivity contribution in [1.82, 2.24) is 23.8 Å². The van der Waals surface area contributed by atoms with Crippen LogP contribution in [0.4, 0.5) is 0 Å². The molecule has 1 saturated heterocycles. The SMILES string of the molecule is Cc1nc2ccccn2c1C(O)=C1C(=O)C(=O)N(CCCn2ccnc2)C1c1cccc(Oc2ccccc2)c1. The number of pyridine rings is 1. The molecule has 9 heteroatoms. The number of aliphatic hydroxyl groups is 1. The molecule has 4 heterocycles. The summed E-state index contributed by atoms with van der Waals surface area (Å²) in [5.41, 5.74) is 2.25. The molecule has 5 aromatic rings. The Hall–Kier alpha value is -5.18. The van der Waals surface area contributed by atoms with Gasteiger partial charge in [-0.2, -0.15) is 0 Å². The molecule has 1 amide bonds. The molecule has 200 valence electrons. The van der Waals surface area contributed by atoms with E-state index < -0.39 is 17.7 Å². The summed E-state index contributed by atoms with van der Waals surface area (Å²) in [4.78, 5) is 37.2. The number of hydrogen-bond donors (Lipinski definition) is 1. The lowest BCUT2D eigenvalue weighted by molar-refractivity contribution is -0.139. The summed E-state index contributed by atoms with van der Waals surface area (Å²) in [6.45, 7) is 2.70. The summed E-state index contributed by atoms with van der Waals surface area (Å²) >= 11 is 0. The van der Waals surface area contributed by atoms with Gasteiger partial charge in [0.1, 0.15) is 22.8 Å². The molecule has 1 unspecified atom stereocenters. The molecule has 0 saturated carbocycles. The monoisotopic (exact) mass is 533 g/mol. The summed E-state index contributed by atoms with van der Waals surface area (Å²) < 4.78 is 9.69. The van der Waals surface area contributed by atoms with E-state index in [-0.39, 0.29) is 11.3 Å². The van der Waals surface area contributed by atoms with Crippen molar-refractivity contribution >= 4 is 23.1 Å². The fourth-order valence-corrected chi connectivity index (χ4v) is 5.20. The summed E-state index contributed by atoms with van der Waals surface area (Å²) in [7, 11) is 0. The number of aliphatic hydroxyl groups excluding tert-OH is 1. The first-order valence-corrected chi connectivity index (χ1v) is 13.0. The zero-order valence-corrected chi connectivity index (χ0v) is 21.8. The lowest BCUT2D eigenvalue weighted by atomic mass is 9.96. The smallest absolute Gasteiger partial charge is 0.295 e. The van der Waals surface area contributed by atoms with Gasteiger partial charge in [0.15, 0.2) is 5.76 Å². The Morgan fingerprint density at radius 1 is 0.950 bits per heavy atom. The molecule has 9 nitrogen and oxygen atoms in total. The van der Waals surface area contributed by atoms with Crippen molar-refractivity contribution in [2.75, 3.05) is 6.54 Å². The molecule has 1 aliphatic heterocycles. The summed E-state index contributed by atoms with van der Waals surface area (Å²) in [6.07, 6.45) is 7.62. The Labute approximate surface area is 230 Å². The number of fused-ring (bicyclic) bond motifs is 1. The normalized spacial score (nSPS) is 16.6. The quantitative estimate of drug-likeness (QED) is 0.168. The third kappa shape index (κ3) is 4.62. The highest BCUT2D eigenvalue weighted by molar-refractivity contribution is 6.46. The Balaban J connectivity index is 1.44. The van der Waals surface area contributed by atoms with Gasteiger partial charge in [-0.05, 0) is 55.3 Å². The lowest BCUT2D eigenvalue weighted by Crippen LogP contribution is -2.31. The van der Waals surface area contributed by atoms with E-state index in [1.165, 1.54) is 4.90 Å². The third-order valence-corrected chi connectivity index (χ3v) is 7.00. The van der Waals surface area contributed by atoms with Crippen LogP contribution in [0.25, 0.3) is 11.4 Å². The molecule has 0 spiro atoms. The van der Waals surface area contributed by atoms with E-state index in [0.29, 0.717) is 53.6 Å². The van der Waals surface area contributed by atoms with Crippen molar-refractivity contribution < 1.29 is 19.4 Å². The van der Waals surface area contributed by atoms with E-state index in [1.54, 1.807) is 36.1 Å². The number of benzene rings is 2. The van der Waals surface area contributed by atoms with Crippen molar-refractivity contribution in [2.24, 2.45) is 0 Å². The van der Waals surface area contributed by atoms with Crippen LogP contribution in [-0.2, 0) is 16.1 Å². The minimum atomic E-state index is -0.809. The molecule has 1 fully saturated rings. The van der Waals surface area contributed by atoms with Crippen LogP contribution in [0.15, 0.2) is 103 Å². The van der Waals surface area contributed by atoms with E-state index in [9.17, 15) is 14.7 Å². The molecule has 0 aliphatic carbocycles. The van der Waals surface area contributed by atoms with Gasteiger partial charge in [0.2, 0.25) is 0 Å². The van der Waals surface area contributed by atoms with Crippen LogP contribution >= 0.6 is 0 Å². The average molecular weight is 534 g/mol. The second-order valence-electron chi connectivity index (χ2n) is 9.61. The number of carbonyl (C=O) groups is 2. The highest BCUT2D eigenvalue weighted by Crippen LogP contribution is 2.41. The highest BCUT2D eigenvalue weighted by atomic mass is 16.5. The second kappa shape index (κ2) is 10.5. The van der Waals surface area contributed by atoms with Gasteiger partial charge in [-0.1, -0.05) is 36.4 Å². The van der Waals surface area contributed by atoms with E-state index in [0.717, 1.165) is 0 Å². The van der Waals surface area contributed by atoms with E-state index in [4.69, 9.17) is 4.74 Å². The number of ether oxygens (including phenoxy) is 1. The summed E-state index contributed by atoms with van der Waals surface area (Å²) in [5, 5.41) is 11.7. The first kappa shape index (κ1) is 25.1. The van der Waals surface area contributed by atoms with E-state index in [1.807, 2.05) is 77.5 Å². The highest BCUT2D eigenvalue weighted by Gasteiger charge is 2.46. The van der Waals surface area contributed by atoms with Crippen LogP contribution < -0.4 is 4.74 Å². The van der Waals surface area contributed by atoms with Crippen LogP contribution in [0.2, 0.25) is 0 Å². The maximum absolute atomic E-state index is 13.6. The summed E-state index contributed by atoms with van der Waals surface area (Å²) in [6, 6.07) is 21.3. The number of nitrogens with zero attached hydrogens (tertiary/aromatic N) is 5. The molecule has 0 radical (unpaired) electrons. The first-order chi connectivity index (χ1) is 19.5. The predicted molar refractivity (Wildman–Crippen MR) is 149 cm³/mol. The molecule has 1 aliphatic rings. The number of para-hydroxylation sites is 1. The van der Waals surface area contributed by atoms with Gasteiger partial charge >= 0.3 is 0 Å². The molecule has 0 bridgehead atoms. The zero-order valence-electron chi connectivity index (χ0n) is 21.8. The number of amides is 1. The van der Waals surface area contributed by atoms with Gasteiger partial charge in [-0.25, -0.2) is 9.97 Å². The van der Waals surface area contributed by atoms with Crippen LogP contribution in [0.1, 0.15) is 29.4 Å². The molecule has 2 aromatic carbocycles. The minimum absolute atomic E-state index is 0.0262. The molecular formula is C31H27N5O4. The predicted octanol–water partition coefficient (Wildman–Crippen LogP) is 5.14. The Morgan fingerprint density at radius 2 is 1.75 bits per heavy atom. The number of Topliss-reactive ketones (excluding diaryl/α,β-unsaturated/α-hetero) is 1. The molecule has 40 heavy (non-hydrogen) atoms. The van der Waals surface area contributed by atoms with Crippen molar-refractivity contribution in [3.05, 3.63) is 120 Å². The van der Waals surface area contributed by atoms with Gasteiger partial charge in [-0.15, -0.1) is 0 Å². The Bertz CT molecular complexity index is 1720. The Morgan fingerprint density at radius 3 is 2.55 bits per heavy atom. The van der Waals surface area contributed by atoms with Gasteiger partial charge in [-0.3, -0.25) is 14.0 Å². The fraction of sp³-hybridized carbons (Fsp3) is 0.161. The molecule has 6 rings (SSSR count). The number of rotatable bonds is 8. The first-order valence-electron chi connectivity index (χ1n) is 13.0. The molecule has 1 atom stereocenters. The lowest BCUT2D eigenvalue weighted by Gasteiger charge is -2.25. The number of likely N-dealkylation sites (tertiary alicyclic amines) is 1. The third-order valence-electron chi connectivity index (χ3n) is 7.00. The molecule has 3 aromatic heterocycles. The van der Waals surface area contributed by atoms with Crippen molar-refractivity contribution in [2.45, 2.75) is 25.9 Å². The van der Waals surface area contributed by atoms with Crippen molar-refractivity contribution in [3.63, 3.8) is 0 Å². The van der Waals surface area contributed by atoms with Gasteiger partial charge in [0.25, 0.3) is 11.7 Å². The summed E-state index contributed by atoms with van der Waals surface area (Å²) in [5.74, 6) is -0.428. The fourth-order valence-electron chi connectivity index (χ4n) is 5.20. The number of hydrogen-bond acceptors (Lipinski definition) is 6. The van der Waals surface area contributed by atoms with Gasteiger partial charge in [0.05, 0.1) is 23.6 Å². The Kier molecular flexibility index (Phi) is 6.61. The van der Waals surface area contributed by atoms with Gasteiger partial charge < -0.3 is 19.3 Å². The van der Waals surface area contributed by atoms with Crippen molar-refractivity contribution in [1.29, 1.82) is 0 Å². The number of aromatic nitrogens is 4. The van der Waals surface area contributed by atoms with Crippen LogP contribution in [0.3, 0.4) is 0 Å². The molecule has 1 N–H and O–H groups in total. The number of carbonyl (C=O) groups excluding carboxylic acids is 2. The average Bonchev–Trinajstić information content (AvgIpc) is 3.66. The van der Waals surface area contributed by atoms with Crippen LogP contribution in [0, 0.1) is 6.92 Å². The van der Waals surface area contributed by atoms with Crippen LogP contribution in [0.5, 0.6) is 11.5 Å². The maximum Gasteiger partial charge on any atom is 0.295 e. The van der Waals surface area contributed by atoms with Gasteiger partial charge in [0, 0.05) is 31.7 Å². The van der Waals surface area contributed by atoms with Crippen molar-refractivity contribution in [3.8, 4) is 11.5 Å². The zero-order chi connectivity index (χ0) is 27.6. The van der Waals surface area contributed by atoms with E-state index in [2.05, 4.69) is 9.97 Å². The molecular weight excluding hydrogens is 506 g/mol. The van der Waals surface area contributed by atoms with E-state index >= 15 is 0 Å². The largest absolute Gasteiger partial charge is 0.505 e. The van der Waals surface area contributed by atoms with Crippen LogP contribution in [-0.4, -0.2) is 47.2 Å². The minimum Gasteiger partial charge on any atom is -0.505 e. The number of imidazole rings is 2. The number of ketones is 1. The number of aryl methyl sites for hydroxylation is 2. The standard InChI is InChI=1S/C31H27N5O4/c1-21-27(35-16-6-5-13-25(35)33-21)29(37)26-28(22-9-7-12-24(19-22)40-23-10-3-2-4-11-23)36(31(39)30(26)38)17-8-15-34-18-14-32-20-34/h2-7,9-14,16,18-20,28,37H,8,15,17H2,1H3. The topological polar surface area (TPSA) is 102 Å².